The normalized spacial score (nSPS) is 15.5. The number of carbonyl (C=O) groups is 1. The molecule has 1 aliphatic rings. The molecule has 0 unspecified atom stereocenters. The lowest BCUT2D eigenvalue weighted by atomic mass is 10.3. The van der Waals surface area contributed by atoms with Gasteiger partial charge in [-0.2, -0.15) is 4.98 Å². The highest BCUT2D eigenvalue weighted by Gasteiger charge is 2.23. The molecule has 9 heteroatoms. The first kappa shape index (κ1) is 19.1. The summed E-state index contributed by atoms with van der Waals surface area (Å²) in [7, 11) is 0. The van der Waals surface area contributed by atoms with Crippen LogP contribution >= 0.6 is 0 Å². The van der Waals surface area contributed by atoms with Gasteiger partial charge in [-0.3, -0.25) is 9.78 Å². The van der Waals surface area contributed by atoms with Crippen molar-refractivity contribution in [3.63, 3.8) is 0 Å². The van der Waals surface area contributed by atoms with E-state index >= 15 is 0 Å². The summed E-state index contributed by atoms with van der Waals surface area (Å²) in [5, 5.41) is 0. The minimum atomic E-state index is -0.469. The van der Waals surface area contributed by atoms with Crippen molar-refractivity contribution in [2.75, 3.05) is 36.0 Å². The number of fused-ring (bicyclic) bond motifs is 1. The lowest BCUT2D eigenvalue weighted by Gasteiger charge is -2.34. The van der Waals surface area contributed by atoms with Gasteiger partial charge in [0.1, 0.15) is 11.3 Å². The summed E-state index contributed by atoms with van der Waals surface area (Å²) < 4.78 is 11.2. The average Bonchev–Trinajstić information content (AvgIpc) is 3.18. The van der Waals surface area contributed by atoms with Crippen LogP contribution < -0.4 is 9.80 Å². The summed E-state index contributed by atoms with van der Waals surface area (Å²) in [6.07, 6.45) is 5.79. The van der Waals surface area contributed by atoms with Crippen LogP contribution in [0.25, 0.3) is 11.1 Å². The van der Waals surface area contributed by atoms with Gasteiger partial charge in [0, 0.05) is 45.0 Å². The molecule has 4 rings (SSSR count). The van der Waals surface area contributed by atoms with Gasteiger partial charge < -0.3 is 19.0 Å². The standard InChI is InChI=1S/C20H24N6O3/c1-3-4-18(27)28-14(2)19-22-8-6-17(24-19)25-9-11-26(12-10-25)20-23-15-5-7-21-13-16(15)29-20/h5-8,13-14H,3-4,9-12H2,1-2H3/t14-/m1/s1. The van der Waals surface area contributed by atoms with Crippen LogP contribution in [-0.2, 0) is 9.53 Å². The van der Waals surface area contributed by atoms with Crippen LogP contribution in [0.1, 0.15) is 38.6 Å². The van der Waals surface area contributed by atoms with Crippen molar-refractivity contribution >= 4 is 28.9 Å². The van der Waals surface area contributed by atoms with Crippen LogP contribution in [-0.4, -0.2) is 52.1 Å². The predicted octanol–water partition coefficient (Wildman–Crippen LogP) is 2.74. The van der Waals surface area contributed by atoms with Gasteiger partial charge in [-0.15, -0.1) is 0 Å². The van der Waals surface area contributed by atoms with Crippen LogP contribution in [0.3, 0.4) is 0 Å². The molecular formula is C20H24N6O3. The highest BCUT2D eigenvalue weighted by molar-refractivity contribution is 5.73. The fourth-order valence-corrected chi connectivity index (χ4v) is 3.28. The average molecular weight is 396 g/mol. The first-order valence-corrected chi connectivity index (χ1v) is 9.87. The van der Waals surface area contributed by atoms with E-state index in [0.717, 1.165) is 43.9 Å². The number of esters is 1. The molecule has 3 aromatic rings. The predicted molar refractivity (Wildman–Crippen MR) is 108 cm³/mol. The molecule has 0 saturated carbocycles. The second-order valence-corrected chi connectivity index (χ2v) is 6.97. The van der Waals surface area contributed by atoms with Crippen LogP contribution in [0, 0.1) is 0 Å². The number of ether oxygens (including phenoxy) is 1. The van der Waals surface area contributed by atoms with E-state index in [1.807, 2.05) is 19.1 Å². The Kier molecular flexibility index (Phi) is 5.55. The van der Waals surface area contributed by atoms with Gasteiger partial charge in [0.05, 0.1) is 6.20 Å². The monoisotopic (exact) mass is 396 g/mol. The number of aromatic nitrogens is 4. The van der Waals surface area contributed by atoms with Crippen LogP contribution in [0.4, 0.5) is 11.8 Å². The van der Waals surface area contributed by atoms with Crippen molar-refractivity contribution in [1.29, 1.82) is 0 Å². The number of oxazole rings is 1. The number of piperazine rings is 1. The zero-order chi connectivity index (χ0) is 20.2. The van der Waals surface area contributed by atoms with Crippen LogP contribution in [0.5, 0.6) is 0 Å². The Labute approximate surface area is 168 Å². The second-order valence-electron chi connectivity index (χ2n) is 6.97. The fraction of sp³-hybridized carbons (Fsp3) is 0.450. The molecule has 29 heavy (non-hydrogen) atoms. The van der Waals surface area contributed by atoms with Gasteiger partial charge in [-0.1, -0.05) is 6.92 Å². The van der Waals surface area contributed by atoms with E-state index in [9.17, 15) is 4.79 Å². The Balaban J connectivity index is 1.40. The zero-order valence-electron chi connectivity index (χ0n) is 16.6. The first-order chi connectivity index (χ1) is 14.1. The molecule has 1 aliphatic heterocycles. The summed E-state index contributed by atoms with van der Waals surface area (Å²) >= 11 is 0. The van der Waals surface area contributed by atoms with E-state index < -0.39 is 6.10 Å². The van der Waals surface area contributed by atoms with Crippen molar-refractivity contribution in [2.24, 2.45) is 0 Å². The lowest BCUT2D eigenvalue weighted by molar-refractivity contribution is -0.149. The number of pyridine rings is 1. The molecule has 0 amide bonds. The maximum Gasteiger partial charge on any atom is 0.306 e. The molecule has 0 spiro atoms. The van der Waals surface area contributed by atoms with Crippen molar-refractivity contribution in [3.8, 4) is 0 Å². The molecule has 152 valence electrons. The lowest BCUT2D eigenvalue weighted by Crippen LogP contribution is -2.47. The van der Waals surface area contributed by atoms with Gasteiger partial charge >= 0.3 is 5.97 Å². The molecule has 0 aliphatic carbocycles. The van der Waals surface area contributed by atoms with Gasteiger partial charge in [0.15, 0.2) is 17.5 Å². The summed E-state index contributed by atoms with van der Waals surface area (Å²) in [5.74, 6) is 1.12. The quantitative estimate of drug-likeness (QED) is 0.582. The van der Waals surface area contributed by atoms with Gasteiger partial charge in [0.25, 0.3) is 6.01 Å². The molecule has 0 aromatic carbocycles. The summed E-state index contributed by atoms with van der Waals surface area (Å²) in [4.78, 5) is 33.5. The number of hydrogen-bond donors (Lipinski definition) is 0. The molecule has 0 radical (unpaired) electrons. The van der Waals surface area contributed by atoms with Gasteiger partial charge in [0.2, 0.25) is 0 Å². The SMILES string of the molecule is CCCC(=O)O[C@H](C)c1nccc(N2CCN(c3nc4ccncc4o3)CC2)n1. The van der Waals surface area contributed by atoms with E-state index in [0.29, 0.717) is 23.8 Å². The molecule has 1 atom stereocenters. The van der Waals surface area contributed by atoms with Crippen LogP contribution in [0.2, 0.25) is 0 Å². The number of rotatable bonds is 6. The second kappa shape index (κ2) is 8.42. The van der Waals surface area contributed by atoms with Crippen molar-refractivity contribution in [3.05, 3.63) is 36.5 Å². The van der Waals surface area contributed by atoms with E-state index in [4.69, 9.17) is 9.15 Å². The van der Waals surface area contributed by atoms with Crippen molar-refractivity contribution < 1.29 is 13.9 Å². The molecule has 1 fully saturated rings. The molecular weight excluding hydrogens is 372 g/mol. The van der Waals surface area contributed by atoms with E-state index in [1.165, 1.54) is 0 Å². The Morgan fingerprint density at radius 2 is 1.97 bits per heavy atom. The third-order valence-electron chi connectivity index (χ3n) is 4.84. The fourth-order valence-electron chi connectivity index (χ4n) is 3.28. The van der Waals surface area contributed by atoms with Gasteiger partial charge in [-0.05, 0) is 25.5 Å². The Bertz CT molecular complexity index is 950. The number of nitrogens with zero attached hydrogens (tertiary/aromatic N) is 6. The molecule has 3 aromatic heterocycles. The highest BCUT2D eigenvalue weighted by Crippen LogP contribution is 2.24. The van der Waals surface area contributed by atoms with Gasteiger partial charge in [-0.25, -0.2) is 9.97 Å². The first-order valence-electron chi connectivity index (χ1n) is 9.87. The van der Waals surface area contributed by atoms with Crippen molar-refractivity contribution in [2.45, 2.75) is 32.8 Å². The minimum Gasteiger partial charge on any atom is -0.454 e. The minimum absolute atomic E-state index is 0.226. The Morgan fingerprint density at radius 3 is 2.72 bits per heavy atom. The maximum absolute atomic E-state index is 11.7. The number of anilines is 2. The summed E-state index contributed by atoms with van der Waals surface area (Å²) in [6, 6.07) is 4.34. The molecule has 4 heterocycles. The smallest absolute Gasteiger partial charge is 0.306 e. The topological polar surface area (TPSA) is 97.5 Å². The Hall–Kier alpha value is -3.23. The molecule has 1 saturated heterocycles. The Morgan fingerprint density at radius 1 is 1.17 bits per heavy atom. The van der Waals surface area contributed by atoms with Crippen LogP contribution in [0.15, 0.2) is 35.1 Å². The zero-order valence-corrected chi connectivity index (χ0v) is 16.6. The third-order valence-corrected chi connectivity index (χ3v) is 4.84. The molecule has 9 nitrogen and oxygen atoms in total. The van der Waals surface area contributed by atoms with E-state index in [-0.39, 0.29) is 5.97 Å². The van der Waals surface area contributed by atoms with E-state index in [2.05, 4.69) is 29.7 Å². The summed E-state index contributed by atoms with van der Waals surface area (Å²) in [6.45, 7) is 6.82. The highest BCUT2D eigenvalue weighted by atomic mass is 16.5. The van der Waals surface area contributed by atoms with Crippen molar-refractivity contribution in [1.82, 2.24) is 19.9 Å². The molecule has 0 N–H and O–H groups in total. The molecule has 0 bridgehead atoms. The summed E-state index contributed by atoms with van der Waals surface area (Å²) in [5.41, 5.74) is 1.50. The largest absolute Gasteiger partial charge is 0.454 e. The maximum atomic E-state index is 11.7. The van der Waals surface area contributed by atoms with E-state index in [1.54, 1.807) is 25.5 Å². The third kappa shape index (κ3) is 4.28. The number of hydrogen-bond acceptors (Lipinski definition) is 9. The number of carbonyl (C=O) groups excluding carboxylic acids is 1.